The van der Waals surface area contributed by atoms with Crippen LogP contribution in [0.25, 0.3) is 0 Å². The van der Waals surface area contributed by atoms with E-state index in [0.29, 0.717) is 5.56 Å². The molecule has 0 spiro atoms. The fourth-order valence-electron chi connectivity index (χ4n) is 3.29. The number of hydrogen-bond acceptors (Lipinski definition) is 2. The third-order valence-corrected chi connectivity index (χ3v) is 4.59. The minimum atomic E-state index is -3.74. The Kier molecular flexibility index (Phi) is 4.89. The molecule has 0 bridgehead atoms. The summed E-state index contributed by atoms with van der Waals surface area (Å²) in [6, 6.07) is 10.2. The van der Waals surface area contributed by atoms with E-state index >= 15 is 0 Å². The molecule has 2 nitrogen and oxygen atoms in total. The van der Waals surface area contributed by atoms with Crippen LogP contribution in [0.1, 0.15) is 60.3 Å². The van der Waals surface area contributed by atoms with Gasteiger partial charge in [-0.25, -0.2) is 4.39 Å². The smallest absolute Gasteiger partial charge is 0.387 e. The van der Waals surface area contributed by atoms with Crippen molar-refractivity contribution in [2.24, 2.45) is 0 Å². The van der Waals surface area contributed by atoms with E-state index in [1.807, 2.05) is 12.1 Å². The van der Waals surface area contributed by atoms with E-state index in [0.717, 1.165) is 18.4 Å². The van der Waals surface area contributed by atoms with Crippen LogP contribution in [0, 0.1) is 5.82 Å². The molecule has 0 aromatic heterocycles. The molecule has 5 heteroatoms. The Morgan fingerprint density at radius 2 is 1.88 bits per heavy atom. The first kappa shape index (κ1) is 18.0. The van der Waals surface area contributed by atoms with Gasteiger partial charge in [0.1, 0.15) is 5.82 Å². The van der Waals surface area contributed by atoms with Crippen molar-refractivity contribution in [2.75, 3.05) is 0 Å². The van der Waals surface area contributed by atoms with Gasteiger partial charge in [-0.05, 0) is 30.0 Å². The highest BCUT2D eigenvalue weighted by molar-refractivity contribution is 5.40. The maximum Gasteiger partial charge on any atom is 0.387 e. The van der Waals surface area contributed by atoms with E-state index in [4.69, 9.17) is 4.74 Å². The lowest BCUT2D eigenvalue weighted by Gasteiger charge is -2.33. The monoisotopic (exact) mass is 350 g/mol. The summed E-state index contributed by atoms with van der Waals surface area (Å²) in [6.45, 7) is 3.42. The standard InChI is InChI=1S/C20H21F3O2/c1-3-4-13-5-7-14(8-6-13)17-11-15-9-10-16(12(2)24)19(21)18(15)20(22,23)25-17/h5-10,12,17,24H,3-4,11H2,1-2H3. The first-order chi connectivity index (χ1) is 11.8. The van der Waals surface area contributed by atoms with Crippen molar-refractivity contribution in [1.29, 1.82) is 0 Å². The summed E-state index contributed by atoms with van der Waals surface area (Å²) in [6.07, 6.45) is -3.64. The molecule has 1 aliphatic rings. The molecule has 0 fully saturated rings. The topological polar surface area (TPSA) is 29.5 Å². The summed E-state index contributed by atoms with van der Waals surface area (Å²) in [5.74, 6) is -1.09. The van der Waals surface area contributed by atoms with Gasteiger partial charge in [-0.15, -0.1) is 0 Å². The molecule has 25 heavy (non-hydrogen) atoms. The molecule has 0 saturated heterocycles. The fourth-order valence-corrected chi connectivity index (χ4v) is 3.29. The number of benzene rings is 2. The van der Waals surface area contributed by atoms with E-state index in [2.05, 4.69) is 6.92 Å². The molecule has 1 heterocycles. The molecule has 134 valence electrons. The van der Waals surface area contributed by atoms with Crippen LogP contribution in [-0.4, -0.2) is 5.11 Å². The lowest BCUT2D eigenvalue weighted by atomic mass is 9.90. The predicted molar refractivity (Wildman–Crippen MR) is 88.9 cm³/mol. The molecule has 2 aromatic rings. The van der Waals surface area contributed by atoms with Gasteiger partial charge < -0.3 is 9.84 Å². The predicted octanol–water partition coefficient (Wildman–Crippen LogP) is 5.19. The van der Waals surface area contributed by atoms with Gasteiger partial charge in [0.05, 0.1) is 17.8 Å². The van der Waals surface area contributed by atoms with Gasteiger partial charge in [-0.3, -0.25) is 0 Å². The summed E-state index contributed by atoms with van der Waals surface area (Å²) < 4.78 is 48.4. The van der Waals surface area contributed by atoms with E-state index in [1.54, 1.807) is 12.1 Å². The molecule has 1 aliphatic heterocycles. The molecule has 2 atom stereocenters. The number of hydrogen-bond donors (Lipinski definition) is 1. The summed E-state index contributed by atoms with van der Waals surface area (Å²) in [4.78, 5) is 0. The summed E-state index contributed by atoms with van der Waals surface area (Å²) >= 11 is 0. The molecule has 0 radical (unpaired) electrons. The van der Waals surface area contributed by atoms with Crippen molar-refractivity contribution in [3.63, 3.8) is 0 Å². The Labute approximate surface area is 145 Å². The lowest BCUT2D eigenvalue weighted by molar-refractivity contribution is -0.284. The van der Waals surface area contributed by atoms with Gasteiger partial charge >= 0.3 is 6.11 Å². The van der Waals surface area contributed by atoms with Gasteiger partial charge in [0.15, 0.2) is 0 Å². The van der Waals surface area contributed by atoms with Crippen LogP contribution in [0.15, 0.2) is 36.4 Å². The van der Waals surface area contributed by atoms with Gasteiger partial charge in [0, 0.05) is 12.0 Å². The summed E-state index contributed by atoms with van der Waals surface area (Å²) in [7, 11) is 0. The molecule has 1 N–H and O–H groups in total. The van der Waals surface area contributed by atoms with Crippen LogP contribution >= 0.6 is 0 Å². The molecule has 3 rings (SSSR count). The van der Waals surface area contributed by atoms with Gasteiger partial charge in [-0.1, -0.05) is 49.7 Å². The first-order valence-corrected chi connectivity index (χ1v) is 8.47. The second-order valence-corrected chi connectivity index (χ2v) is 6.50. The number of aliphatic hydroxyl groups excluding tert-OH is 1. The fraction of sp³-hybridized carbons (Fsp3) is 0.400. The van der Waals surface area contributed by atoms with Crippen LogP contribution in [0.3, 0.4) is 0 Å². The highest BCUT2D eigenvalue weighted by atomic mass is 19.3. The number of aryl methyl sites for hydroxylation is 1. The number of aliphatic hydroxyl groups is 1. The number of ether oxygens (including phenoxy) is 1. The minimum absolute atomic E-state index is 0.149. The van der Waals surface area contributed by atoms with E-state index in [-0.39, 0.29) is 17.5 Å². The van der Waals surface area contributed by atoms with Gasteiger partial charge in [0.2, 0.25) is 0 Å². The maximum atomic E-state index is 14.5. The van der Waals surface area contributed by atoms with E-state index < -0.39 is 29.7 Å². The van der Waals surface area contributed by atoms with Gasteiger partial charge in [0.25, 0.3) is 0 Å². The zero-order valence-electron chi connectivity index (χ0n) is 14.2. The average Bonchev–Trinajstić information content (AvgIpc) is 2.54. The van der Waals surface area contributed by atoms with Crippen molar-refractivity contribution in [2.45, 2.75) is 51.4 Å². The molecular formula is C20H21F3O2. The molecule has 0 aliphatic carbocycles. The van der Waals surface area contributed by atoms with Crippen molar-refractivity contribution < 1.29 is 23.0 Å². The second kappa shape index (κ2) is 6.81. The normalized spacial score (nSPS) is 20.2. The van der Waals surface area contributed by atoms with Crippen LogP contribution < -0.4 is 0 Å². The first-order valence-electron chi connectivity index (χ1n) is 8.47. The minimum Gasteiger partial charge on any atom is -0.389 e. The number of fused-ring (bicyclic) bond motifs is 1. The Balaban J connectivity index is 1.95. The van der Waals surface area contributed by atoms with Crippen molar-refractivity contribution in [3.05, 3.63) is 70.0 Å². The maximum absolute atomic E-state index is 14.5. The lowest BCUT2D eigenvalue weighted by Crippen LogP contribution is -2.31. The molecule has 0 amide bonds. The quantitative estimate of drug-likeness (QED) is 0.822. The number of rotatable bonds is 4. The zero-order chi connectivity index (χ0) is 18.2. The van der Waals surface area contributed by atoms with Crippen LogP contribution in [0.2, 0.25) is 0 Å². The van der Waals surface area contributed by atoms with E-state index in [1.165, 1.54) is 19.1 Å². The van der Waals surface area contributed by atoms with Crippen molar-refractivity contribution >= 4 is 0 Å². The highest BCUT2D eigenvalue weighted by Gasteiger charge is 2.46. The largest absolute Gasteiger partial charge is 0.389 e. The van der Waals surface area contributed by atoms with Crippen LogP contribution in [-0.2, 0) is 23.7 Å². The average molecular weight is 350 g/mol. The highest BCUT2D eigenvalue weighted by Crippen LogP contribution is 2.45. The third-order valence-electron chi connectivity index (χ3n) is 4.59. The van der Waals surface area contributed by atoms with Crippen LogP contribution in [0.4, 0.5) is 13.2 Å². The van der Waals surface area contributed by atoms with Crippen molar-refractivity contribution in [1.82, 2.24) is 0 Å². The summed E-state index contributed by atoms with van der Waals surface area (Å²) in [5, 5.41) is 9.55. The van der Waals surface area contributed by atoms with Crippen molar-refractivity contribution in [3.8, 4) is 0 Å². The Morgan fingerprint density at radius 3 is 2.48 bits per heavy atom. The molecule has 2 unspecified atom stereocenters. The van der Waals surface area contributed by atoms with E-state index in [9.17, 15) is 18.3 Å². The number of halogens is 3. The Morgan fingerprint density at radius 1 is 1.20 bits per heavy atom. The number of alkyl halides is 2. The molecular weight excluding hydrogens is 329 g/mol. The Hall–Kier alpha value is -1.85. The Bertz CT molecular complexity index is 754. The van der Waals surface area contributed by atoms with Crippen LogP contribution in [0.5, 0.6) is 0 Å². The SMILES string of the molecule is CCCc1ccc(C2Cc3ccc(C(C)O)c(F)c3C(F)(F)O2)cc1. The molecule has 2 aromatic carbocycles. The van der Waals surface area contributed by atoms with Gasteiger partial charge in [-0.2, -0.15) is 8.78 Å². The summed E-state index contributed by atoms with van der Waals surface area (Å²) in [5.41, 5.74) is 1.09. The zero-order valence-corrected chi connectivity index (χ0v) is 14.2. The third kappa shape index (κ3) is 3.44. The second-order valence-electron chi connectivity index (χ2n) is 6.50. The molecule has 0 saturated carbocycles.